The molecule has 2 aromatic heterocycles. The lowest BCUT2D eigenvalue weighted by molar-refractivity contribution is 0.370. The Labute approximate surface area is 241 Å². The fourth-order valence-corrected chi connectivity index (χ4v) is 4.47. The van der Waals surface area contributed by atoms with Crippen LogP contribution in [0, 0.1) is 6.92 Å². The highest BCUT2D eigenvalue weighted by atomic mass is 16.5. The molecule has 0 amide bonds. The lowest BCUT2D eigenvalue weighted by Gasteiger charge is -2.11. The van der Waals surface area contributed by atoms with E-state index in [1.54, 1.807) is 38.3 Å². The van der Waals surface area contributed by atoms with E-state index in [0.717, 1.165) is 16.7 Å². The molecule has 42 heavy (non-hydrogen) atoms. The van der Waals surface area contributed by atoms with Crippen molar-refractivity contribution in [3.05, 3.63) is 98.2 Å². The van der Waals surface area contributed by atoms with Crippen molar-refractivity contribution in [2.75, 3.05) is 21.3 Å². The van der Waals surface area contributed by atoms with E-state index in [9.17, 15) is 19.8 Å². The first-order chi connectivity index (χ1) is 20.1. The van der Waals surface area contributed by atoms with E-state index >= 15 is 0 Å². The number of aryl methyl sites for hydroxylation is 1. The molecule has 0 saturated carbocycles. The van der Waals surface area contributed by atoms with E-state index in [1.807, 2.05) is 19.9 Å². The summed E-state index contributed by atoms with van der Waals surface area (Å²) in [5, 5.41) is 20.3. The molecule has 3 aromatic carbocycles. The first-order valence-corrected chi connectivity index (χ1v) is 13.0. The number of fused-ring (bicyclic) bond motifs is 2. The molecule has 2 heterocycles. The summed E-state index contributed by atoms with van der Waals surface area (Å²) in [4.78, 5) is 24.7. The molecule has 9 nitrogen and oxygen atoms in total. The molecule has 5 rings (SSSR count). The molecule has 218 valence electrons. The third kappa shape index (κ3) is 5.95. The van der Waals surface area contributed by atoms with Crippen molar-refractivity contribution < 1.29 is 33.3 Å². The van der Waals surface area contributed by atoms with Crippen LogP contribution in [0.25, 0.3) is 33.1 Å². The van der Waals surface area contributed by atoms with Gasteiger partial charge in [0.05, 0.1) is 32.3 Å². The summed E-state index contributed by atoms with van der Waals surface area (Å²) in [6.45, 7) is 5.70. The fraction of sp³-hybridized carbons (Fsp3) is 0.212. The molecule has 0 aliphatic carbocycles. The molecule has 0 spiro atoms. The van der Waals surface area contributed by atoms with Crippen molar-refractivity contribution in [3.8, 4) is 39.9 Å². The van der Waals surface area contributed by atoms with Gasteiger partial charge in [0.15, 0.2) is 16.8 Å². The zero-order valence-corrected chi connectivity index (χ0v) is 24.2. The van der Waals surface area contributed by atoms with Crippen LogP contribution in [-0.2, 0) is 6.42 Å². The van der Waals surface area contributed by atoms with Gasteiger partial charge in [-0.2, -0.15) is 0 Å². The number of ether oxygens (including phenoxy) is 3. The minimum absolute atomic E-state index is 0.0738. The minimum atomic E-state index is -0.248. The molecular weight excluding hydrogens is 540 g/mol. The third-order valence-electron chi connectivity index (χ3n) is 6.58. The number of methoxy groups -OCH3 is 3. The quantitative estimate of drug-likeness (QED) is 0.219. The van der Waals surface area contributed by atoms with Gasteiger partial charge >= 0.3 is 0 Å². The number of benzene rings is 3. The first-order valence-electron chi connectivity index (χ1n) is 13.0. The molecule has 0 atom stereocenters. The smallest absolute Gasteiger partial charge is 0.204 e. The molecule has 0 unspecified atom stereocenters. The van der Waals surface area contributed by atoms with Crippen LogP contribution in [-0.4, -0.2) is 31.5 Å². The molecule has 9 heteroatoms. The monoisotopic (exact) mass is 572 g/mol. The molecule has 0 aliphatic heterocycles. The maximum absolute atomic E-state index is 12.6. The predicted molar refractivity (Wildman–Crippen MR) is 161 cm³/mol. The van der Waals surface area contributed by atoms with Crippen molar-refractivity contribution in [3.63, 3.8) is 0 Å². The average Bonchev–Trinajstić information content (AvgIpc) is 2.96. The standard InChI is InChI=1S/C17H14O5.C16H18O4/c1-20-11-5-3-10(4-6-11)13-9-22-16-12(15(13)19)7-8-14(18)17(16)21-2;1-9(2)5-6-11-14(19-4)8-13(18)15-12(17)7-10(3)20-16(11)15/h3-9,18H,1-2H3;5,7-8,18H,6H2,1-4H3. The Hall–Kier alpha value is -5.18. The zero-order chi connectivity index (χ0) is 30.6. The van der Waals surface area contributed by atoms with Crippen molar-refractivity contribution in [2.24, 2.45) is 0 Å². The number of phenols is 2. The minimum Gasteiger partial charge on any atom is -0.507 e. The summed E-state index contributed by atoms with van der Waals surface area (Å²) in [6, 6.07) is 12.9. The largest absolute Gasteiger partial charge is 0.507 e. The molecule has 0 radical (unpaired) electrons. The topological polar surface area (TPSA) is 129 Å². The second-order valence-corrected chi connectivity index (χ2v) is 9.69. The van der Waals surface area contributed by atoms with Gasteiger partial charge < -0.3 is 33.3 Å². The van der Waals surface area contributed by atoms with Crippen LogP contribution < -0.4 is 25.1 Å². The molecule has 0 saturated heterocycles. The van der Waals surface area contributed by atoms with Crippen LogP contribution in [0.4, 0.5) is 0 Å². The van der Waals surface area contributed by atoms with Crippen LogP contribution in [0.5, 0.6) is 28.7 Å². The van der Waals surface area contributed by atoms with Gasteiger partial charge in [0, 0.05) is 17.7 Å². The van der Waals surface area contributed by atoms with E-state index in [4.69, 9.17) is 23.0 Å². The van der Waals surface area contributed by atoms with Gasteiger partial charge in [0.2, 0.25) is 11.2 Å². The molecular formula is C33H32O9. The lowest BCUT2D eigenvalue weighted by atomic mass is 10.0. The summed E-state index contributed by atoms with van der Waals surface area (Å²) in [7, 11) is 4.52. The van der Waals surface area contributed by atoms with Crippen molar-refractivity contribution >= 4 is 21.9 Å². The Bertz CT molecular complexity index is 1890. The highest BCUT2D eigenvalue weighted by Crippen LogP contribution is 2.35. The number of phenolic OH excluding ortho intramolecular Hbond substituents is 2. The maximum atomic E-state index is 12.6. The molecule has 0 fully saturated rings. The number of hydrogen-bond donors (Lipinski definition) is 2. The van der Waals surface area contributed by atoms with Crippen LogP contribution in [0.15, 0.2) is 84.9 Å². The van der Waals surface area contributed by atoms with Gasteiger partial charge in [-0.05, 0) is 57.0 Å². The maximum Gasteiger partial charge on any atom is 0.204 e. The predicted octanol–water partition coefficient (Wildman–Crippen LogP) is 6.51. The fourth-order valence-electron chi connectivity index (χ4n) is 4.47. The van der Waals surface area contributed by atoms with Crippen LogP contribution in [0.1, 0.15) is 25.2 Å². The van der Waals surface area contributed by atoms with E-state index in [2.05, 4.69) is 0 Å². The van der Waals surface area contributed by atoms with Crippen molar-refractivity contribution in [1.29, 1.82) is 0 Å². The normalized spacial score (nSPS) is 10.6. The second-order valence-electron chi connectivity index (χ2n) is 9.69. The average molecular weight is 573 g/mol. The SMILES string of the molecule is COc1cc(O)c2c(=O)cc(C)oc2c1CC=C(C)C.COc1ccc(-c2coc3c(OC)c(O)ccc3c2=O)cc1. The highest BCUT2D eigenvalue weighted by molar-refractivity contribution is 5.89. The number of allylic oxidation sites excluding steroid dienone is 2. The summed E-state index contributed by atoms with van der Waals surface area (Å²) in [5.74, 6) is 1.69. The number of hydrogen-bond acceptors (Lipinski definition) is 9. The lowest BCUT2D eigenvalue weighted by Crippen LogP contribution is -2.05. The Morgan fingerprint density at radius 1 is 0.881 bits per heavy atom. The Kier molecular flexibility index (Phi) is 8.90. The summed E-state index contributed by atoms with van der Waals surface area (Å²) < 4.78 is 26.7. The van der Waals surface area contributed by atoms with E-state index in [1.165, 1.54) is 44.7 Å². The summed E-state index contributed by atoms with van der Waals surface area (Å²) >= 11 is 0. The van der Waals surface area contributed by atoms with Gasteiger partial charge in [0.25, 0.3) is 0 Å². The highest BCUT2D eigenvalue weighted by Gasteiger charge is 2.17. The van der Waals surface area contributed by atoms with E-state index in [0.29, 0.717) is 40.2 Å². The van der Waals surface area contributed by atoms with E-state index in [-0.39, 0.29) is 39.1 Å². The second kappa shape index (κ2) is 12.6. The van der Waals surface area contributed by atoms with Gasteiger partial charge in [-0.15, -0.1) is 0 Å². The van der Waals surface area contributed by atoms with Crippen LogP contribution >= 0.6 is 0 Å². The van der Waals surface area contributed by atoms with Gasteiger partial charge in [-0.3, -0.25) is 9.59 Å². The zero-order valence-electron chi connectivity index (χ0n) is 24.2. The van der Waals surface area contributed by atoms with Gasteiger partial charge in [-0.1, -0.05) is 23.8 Å². The number of rotatable bonds is 6. The van der Waals surface area contributed by atoms with Gasteiger partial charge in [-0.25, -0.2) is 0 Å². The molecule has 2 N–H and O–H groups in total. The van der Waals surface area contributed by atoms with E-state index < -0.39 is 0 Å². The van der Waals surface area contributed by atoms with Crippen LogP contribution in [0.3, 0.4) is 0 Å². The van der Waals surface area contributed by atoms with Gasteiger partial charge in [0.1, 0.15) is 40.2 Å². The van der Waals surface area contributed by atoms with Crippen LogP contribution in [0.2, 0.25) is 0 Å². The first kappa shape index (κ1) is 29.8. The molecule has 0 aliphatic rings. The van der Waals surface area contributed by atoms with Crippen molar-refractivity contribution in [1.82, 2.24) is 0 Å². The number of aromatic hydroxyl groups is 2. The Morgan fingerprint density at radius 3 is 2.21 bits per heavy atom. The Morgan fingerprint density at radius 2 is 1.60 bits per heavy atom. The Balaban J connectivity index is 0.000000194. The van der Waals surface area contributed by atoms with Crippen molar-refractivity contribution in [2.45, 2.75) is 27.2 Å². The third-order valence-corrected chi connectivity index (χ3v) is 6.58. The molecule has 0 bridgehead atoms. The summed E-state index contributed by atoms with van der Waals surface area (Å²) in [5.41, 5.74) is 3.26. The molecule has 5 aromatic rings. The summed E-state index contributed by atoms with van der Waals surface area (Å²) in [6.07, 6.45) is 3.97.